The molecule has 0 unspecified atom stereocenters. The van der Waals surface area contributed by atoms with Crippen LogP contribution in [0.4, 0.5) is 4.39 Å². The standard InChI is InChI=1S/C21H29FN2O2/c22-18-6-7-19-20(14-18)26-23-21(19)25-13-10-16-8-11-24(12-9-16)15-17-4-2-1-3-5-17/h6-7,14,16-17H,1-5,8-13,15H2. The summed E-state index contributed by atoms with van der Waals surface area (Å²) in [6.07, 6.45) is 10.7. The van der Waals surface area contributed by atoms with Gasteiger partial charge in [-0.3, -0.25) is 0 Å². The Bertz CT molecular complexity index is 703. The van der Waals surface area contributed by atoms with Crippen LogP contribution in [0.1, 0.15) is 51.4 Å². The molecule has 26 heavy (non-hydrogen) atoms. The molecule has 5 heteroatoms. The first-order valence-electron chi connectivity index (χ1n) is 10.2. The molecule has 2 aromatic rings. The molecule has 1 aromatic heterocycles. The fraction of sp³-hybridized carbons (Fsp3) is 0.667. The Morgan fingerprint density at radius 3 is 2.69 bits per heavy atom. The zero-order chi connectivity index (χ0) is 17.8. The highest BCUT2D eigenvalue weighted by atomic mass is 19.1. The Labute approximate surface area is 154 Å². The average Bonchev–Trinajstić information content (AvgIpc) is 3.06. The van der Waals surface area contributed by atoms with Crippen LogP contribution < -0.4 is 4.74 Å². The third-order valence-electron chi connectivity index (χ3n) is 6.11. The number of fused-ring (bicyclic) bond motifs is 1. The predicted molar refractivity (Wildman–Crippen MR) is 99.8 cm³/mol. The zero-order valence-electron chi connectivity index (χ0n) is 15.5. The van der Waals surface area contributed by atoms with Crippen LogP contribution in [0.2, 0.25) is 0 Å². The van der Waals surface area contributed by atoms with Gasteiger partial charge in [-0.2, -0.15) is 0 Å². The molecule has 142 valence electrons. The molecule has 1 saturated heterocycles. The largest absolute Gasteiger partial charge is 0.475 e. The summed E-state index contributed by atoms with van der Waals surface area (Å²) < 4.78 is 24.1. The second kappa shape index (κ2) is 8.38. The first-order chi connectivity index (χ1) is 12.8. The molecule has 0 N–H and O–H groups in total. The van der Waals surface area contributed by atoms with Crippen molar-refractivity contribution in [3.8, 4) is 5.88 Å². The molecule has 2 fully saturated rings. The summed E-state index contributed by atoms with van der Waals surface area (Å²) in [7, 11) is 0. The normalized spacial score (nSPS) is 20.7. The van der Waals surface area contributed by atoms with E-state index in [0.29, 0.717) is 18.1 Å². The third kappa shape index (κ3) is 4.37. The molecule has 0 atom stereocenters. The Kier molecular flexibility index (Phi) is 5.73. The van der Waals surface area contributed by atoms with Gasteiger partial charge in [0.15, 0.2) is 5.58 Å². The number of piperidine rings is 1. The highest BCUT2D eigenvalue weighted by Crippen LogP contribution is 2.28. The molecule has 1 aromatic carbocycles. The van der Waals surface area contributed by atoms with Gasteiger partial charge in [0.1, 0.15) is 5.82 Å². The Morgan fingerprint density at radius 1 is 1.08 bits per heavy atom. The zero-order valence-corrected chi connectivity index (χ0v) is 15.5. The molecule has 4 nitrogen and oxygen atoms in total. The summed E-state index contributed by atoms with van der Waals surface area (Å²) in [5.74, 6) is 1.83. The Balaban J connectivity index is 1.19. The van der Waals surface area contributed by atoms with Crippen LogP contribution in [0.5, 0.6) is 5.88 Å². The summed E-state index contributed by atoms with van der Waals surface area (Å²) in [5.41, 5.74) is 0.441. The van der Waals surface area contributed by atoms with E-state index in [0.717, 1.165) is 23.6 Å². The van der Waals surface area contributed by atoms with E-state index in [1.165, 1.54) is 76.7 Å². The molecule has 2 heterocycles. The van der Waals surface area contributed by atoms with E-state index in [2.05, 4.69) is 10.1 Å². The van der Waals surface area contributed by atoms with Gasteiger partial charge in [-0.15, -0.1) is 0 Å². The molecule has 1 aliphatic heterocycles. The molecule has 0 spiro atoms. The number of benzene rings is 1. The summed E-state index contributed by atoms with van der Waals surface area (Å²) in [4.78, 5) is 2.67. The summed E-state index contributed by atoms with van der Waals surface area (Å²) in [5, 5.41) is 4.67. The molecular formula is C21H29FN2O2. The minimum atomic E-state index is -0.319. The molecule has 0 bridgehead atoms. The fourth-order valence-electron chi connectivity index (χ4n) is 4.51. The number of likely N-dealkylation sites (tertiary alicyclic amines) is 1. The van der Waals surface area contributed by atoms with Gasteiger partial charge in [0.05, 0.1) is 12.0 Å². The third-order valence-corrected chi connectivity index (χ3v) is 6.11. The number of ether oxygens (including phenoxy) is 1. The maximum absolute atomic E-state index is 13.2. The van der Waals surface area contributed by atoms with E-state index < -0.39 is 0 Å². The molecule has 4 rings (SSSR count). The first-order valence-corrected chi connectivity index (χ1v) is 10.2. The lowest BCUT2D eigenvalue weighted by Gasteiger charge is -2.35. The minimum Gasteiger partial charge on any atom is -0.475 e. The van der Waals surface area contributed by atoms with Crippen LogP contribution in [0.3, 0.4) is 0 Å². The van der Waals surface area contributed by atoms with Gasteiger partial charge in [-0.25, -0.2) is 4.39 Å². The van der Waals surface area contributed by atoms with Crippen LogP contribution in [-0.2, 0) is 0 Å². The lowest BCUT2D eigenvalue weighted by molar-refractivity contribution is 0.133. The van der Waals surface area contributed by atoms with Crippen LogP contribution in [0, 0.1) is 17.7 Å². The smallest absolute Gasteiger partial charge is 0.262 e. The number of rotatable bonds is 6. The average molecular weight is 360 g/mol. The van der Waals surface area contributed by atoms with Crippen molar-refractivity contribution >= 4 is 11.0 Å². The second-order valence-corrected chi connectivity index (χ2v) is 8.01. The number of hydrogen-bond acceptors (Lipinski definition) is 4. The van der Waals surface area contributed by atoms with Gasteiger partial charge in [0.2, 0.25) is 0 Å². The van der Waals surface area contributed by atoms with Crippen molar-refractivity contribution < 1.29 is 13.7 Å². The first kappa shape index (κ1) is 17.8. The summed E-state index contributed by atoms with van der Waals surface area (Å²) >= 11 is 0. The van der Waals surface area contributed by atoms with E-state index in [1.807, 2.05) is 0 Å². The van der Waals surface area contributed by atoms with Gasteiger partial charge < -0.3 is 14.2 Å². The molecule has 0 radical (unpaired) electrons. The van der Waals surface area contributed by atoms with Crippen molar-refractivity contribution in [3.63, 3.8) is 0 Å². The lowest BCUT2D eigenvalue weighted by Crippen LogP contribution is -2.37. The highest BCUT2D eigenvalue weighted by molar-refractivity contribution is 5.81. The van der Waals surface area contributed by atoms with E-state index >= 15 is 0 Å². The van der Waals surface area contributed by atoms with Crippen LogP contribution in [0.25, 0.3) is 11.0 Å². The van der Waals surface area contributed by atoms with Crippen molar-refractivity contribution in [2.24, 2.45) is 11.8 Å². The number of nitrogens with zero attached hydrogens (tertiary/aromatic N) is 2. The Hall–Kier alpha value is -1.62. The minimum absolute atomic E-state index is 0.319. The van der Waals surface area contributed by atoms with Gasteiger partial charge in [-0.05, 0) is 74.3 Å². The SMILES string of the molecule is Fc1ccc2c(OCCC3CCN(CC4CCCCC4)CC3)noc2c1. The number of aromatic nitrogens is 1. The van der Waals surface area contributed by atoms with Crippen molar-refractivity contribution in [1.29, 1.82) is 0 Å². The van der Waals surface area contributed by atoms with E-state index in [4.69, 9.17) is 9.26 Å². The topological polar surface area (TPSA) is 38.5 Å². The summed E-state index contributed by atoms with van der Waals surface area (Å²) in [6.45, 7) is 4.41. The van der Waals surface area contributed by atoms with Crippen molar-refractivity contribution in [2.75, 3.05) is 26.2 Å². The lowest BCUT2D eigenvalue weighted by atomic mass is 9.87. The number of hydrogen-bond donors (Lipinski definition) is 0. The fourth-order valence-corrected chi connectivity index (χ4v) is 4.51. The van der Waals surface area contributed by atoms with Crippen molar-refractivity contribution in [1.82, 2.24) is 10.1 Å². The van der Waals surface area contributed by atoms with Gasteiger partial charge >= 0.3 is 0 Å². The number of halogens is 1. The monoisotopic (exact) mass is 360 g/mol. The molecule has 1 aliphatic carbocycles. The highest BCUT2D eigenvalue weighted by Gasteiger charge is 2.23. The molecule has 2 aliphatic rings. The summed E-state index contributed by atoms with van der Waals surface area (Å²) in [6, 6.07) is 4.42. The second-order valence-electron chi connectivity index (χ2n) is 8.01. The van der Waals surface area contributed by atoms with Crippen LogP contribution >= 0.6 is 0 Å². The maximum atomic E-state index is 13.2. The quantitative estimate of drug-likeness (QED) is 0.724. The van der Waals surface area contributed by atoms with E-state index in [-0.39, 0.29) is 5.82 Å². The van der Waals surface area contributed by atoms with Crippen LogP contribution in [-0.4, -0.2) is 36.3 Å². The van der Waals surface area contributed by atoms with Crippen molar-refractivity contribution in [3.05, 3.63) is 24.0 Å². The Morgan fingerprint density at radius 2 is 1.88 bits per heavy atom. The molecule has 0 amide bonds. The molecular weight excluding hydrogens is 331 g/mol. The van der Waals surface area contributed by atoms with E-state index in [1.54, 1.807) is 6.07 Å². The van der Waals surface area contributed by atoms with E-state index in [9.17, 15) is 4.39 Å². The van der Waals surface area contributed by atoms with Crippen LogP contribution in [0.15, 0.2) is 22.7 Å². The maximum Gasteiger partial charge on any atom is 0.262 e. The van der Waals surface area contributed by atoms with Gasteiger partial charge in [0, 0.05) is 12.6 Å². The van der Waals surface area contributed by atoms with Gasteiger partial charge in [-0.1, -0.05) is 19.3 Å². The predicted octanol–water partition coefficient (Wildman–Crippen LogP) is 5.03. The van der Waals surface area contributed by atoms with Gasteiger partial charge in [0.25, 0.3) is 5.88 Å². The van der Waals surface area contributed by atoms with Crippen molar-refractivity contribution in [2.45, 2.75) is 51.4 Å². The molecule has 1 saturated carbocycles.